The minimum atomic E-state index is -0.997. The monoisotopic (exact) mass is 327 g/mol. The van der Waals surface area contributed by atoms with Gasteiger partial charge in [0.1, 0.15) is 0 Å². The molecule has 1 heterocycles. The van der Waals surface area contributed by atoms with Gasteiger partial charge in [0.25, 0.3) is 0 Å². The molecule has 1 saturated heterocycles. The number of rotatable bonds is 3. The summed E-state index contributed by atoms with van der Waals surface area (Å²) in [4.78, 5) is 13.9. The number of thiocarbonyl (C=S) groups is 1. The maximum Gasteiger partial charge on any atom is 0.243 e. The van der Waals surface area contributed by atoms with Crippen LogP contribution in [-0.4, -0.2) is 34.0 Å². The molecule has 0 unspecified atom stereocenters. The van der Waals surface area contributed by atoms with Gasteiger partial charge in [-0.3, -0.25) is 4.79 Å². The van der Waals surface area contributed by atoms with Crippen LogP contribution >= 0.6 is 12.2 Å². The van der Waals surface area contributed by atoms with Crippen molar-refractivity contribution in [2.24, 2.45) is 0 Å². The molecule has 4 nitrogen and oxygen atoms in total. The highest BCUT2D eigenvalue weighted by Crippen LogP contribution is 2.22. The van der Waals surface area contributed by atoms with Crippen LogP contribution in [0.2, 0.25) is 0 Å². The van der Waals surface area contributed by atoms with Gasteiger partial charge in [0.15, 0.2) is 16.7 Å². The van der Waals surface area contributed by atoms with Crippen LogP contribution in [-0.2, 0) is 4.79 Å². The lowest BCUT2D eigenvalue weighted by Crippen LogP contribution is -2.61. The SMILES string of the molecule is C[C@H]1CC(C)(C)NC(=S)N1CC(=O)Nc1ccc(F)c(F)c1. The number of carbonyl (C=O) groups excluding carboxylic acids is 1. The molecule has 1 aromatic carbocycles. The number of nitrogens with zero attached hydrogens (tertiary/aromatic N) is 1. The van der Waals surface area contributed by atoms with Gasteiger partial charge in [0, 0.05) is 23.3 Å². The van der Waals surface area contributed by atoms with Crippen LogP contribution in [0, 0.1) is 11.6 Å². The Bertz CT molecular complexity index is 606. The van der Waals surface area contributed by atoms with Crippen LogP contribution in [0.4, 0.5) is 14.5 Å². The molecule has 0 aromatic heterocycles. The molecule has 1 atom stereocenters. The van der Waals surface area contributed by atoms with Crippen molar-refractivity contribution in [2.75, 3.05) is 11.9 Å². The van der Waals surface area contributed by atoms with E-state index in [4.69, 9.17) is 12.2 Å². The molecule has 0 spiro atoms. The summed E-state index contributed by atoms with van der Waals surface area (Å²) in [5.41, 5.74) is 0.108. The molecule has 7 heteroatoms. The van der Waals surface area contributed by atoms with Crippen molar-refractivity contribution in [1.82, 2.24) is 10.2 Å². The predicted octanol–water partition coefficient (Wildman–Crippen LogP) is 2.65. The highest BCUT2D eigenvalue weighted by Gasteiger charge is 2.33. The van der Waals surface area contributed by atoms with Gasteiger partial charge in [0.2, 0.25) is 5.91 Å². The van der Waals surface area contributed by atoms with Crippen LogP contribution in [0.15, 0.2) is 18.2 Å². The second-order valence-electron chi connectivity index (χ2n) is 6.17. The fourth-order valence-corrected chi connectivity index (χ4v) is 3.14. The number of halogens is 2. The molecule has 22 heavy (non-hydrogen) atoms. The Hall–Kier alpha value is -1.76. The van der Waals surface area contributed by atoms with Crippen LogP contribution in [0.3, 0.4) is 0 Å². The highest BCUT2D eigenvalue weighted by molar-refractivity contribution is 7.80. The summed E-state index contributed by atoms with van der Waals surface area (Å²) in [5, 5.41) is 6.25. The Labute approximate surface area is 133 Å². The topological polar surface area (TPSA) is 44.4 Å². The van der Waals surface area contributed by atoms with E-state index in [1.807, 2.05) is 6.92 Å². The molecular weight excluding hydrogens is 308 g/mol. The summed E-state index contributed by atoms with van der Waals surface area (Å²) in [5.74, 6) is -2.28. The van der Waals surface area contributed by atoms with Crippen molar-refractivity contribution < 1.29 is 13.6 Å². The number of hydrogen-bond acceptors (Lipinski definition) is 2. The molecule has 0 bridgehead atoms. The third-order valence-corrected chi connectivity index (χ3v) is 3.90. The van der Waals surface area contributed by atoms with E-state index in [0.29, 0.717) is 5.11 Å². The van der Waals surface area contributed by atoms with E-state index >= 15 is 0 Å². The van der Waals surface area contributed by atoms with Gasteiger partial charge in [-0.25, -0.2) is 8.78 Å². The molecule has 2 rings (SSSR count). The molecule has 120 valence electrons. The van der Waals surface area contributed by atoms with Crippen molar-refractivity contribution in [3.05, 3.63) is 29.8 Å². The molecule has 1 aliphatic heterocycles. The van der Waals surface area contributed by atoms with E-state index in [2.05, 4.69) is 24.5 Å². The normalized spacial score (nSPS) is 20.5. The Balaban J connectivity index is 1.99. The summed E-state index contributed by atoms with van der Waals surface area (Å²) in [6.07, 6.45) is 0.839. The average molecular weight is 327 g/mol. The van der Waals surface area contributed by atoms with Crippen molar-refractivity contribution in [2.45, 2.75) is 38.8 Å². The van der Waals surface area contributed by atoms with E-state index in [9.17, 15) is 13.6 Å². The van der Waals surface area contributed by atoms with Gasteiger partial charge >= 0.3 is 0 Å². The quantitative estimate of drug-likeness (QED) is 0.838. The molecule has 1 fully saturated rings. The smallest absolute Gasteiger partial charge is 0.243 e. The second-order valence-corrected chi connectivity index (χ2v) is 6.56. The van der Waals surface area contributed by atoms with E-state index < -0.39 is 11.6 Å². The van der Waals surface area contributed by atoms with E-state index in [-0.39, 0.29) is 29.7 Å². The maximum absolute atomic E-state index is 13.1. The molecule has 0 saturated carbocycles. The number of amides is 1. The van der Waals surface area contributed by atoms with Gasteiger partial charge in [-0.2, -0.15) is 0 Å². The maximum atomic E-state index is 13.1. The molecular formula is C15H19F2N3OS. The van der Waals surface area contributed by atoms with Gasteiger partial charge in [0.05, 0.1) is 6.54 Å². The third kappa shape index (κ3) is 3.91. The van der Waals surface area contributed by atoms with Crippen LogP contribution in [0.5, 0.6) is 0 Å². The summed E-state index contributed by atoms with van der Waals surface area (Å²) in [6.45, 7) is 6.16. The highest BCUT2D eigenvalue weighted by atomic mass is 32.1. The Morgan fingerprint density at radius 3 is 2.73 bits per heavy atom. The van der Waals surface area contributed by atoms with E-state index in [0.717, 1.165) is 18.6 Å². The zero-order valence-corrected chi connectivity index (χ0v) is 13.6. The zero-order chi connectivity index (χ0) is 16.5. The number of nitrogens with one attached hydrogen (secondary N) is 2. The van der Waals surface area contributed by atoms with Crippen molar-refractivity contribution in [3.8, 4) is 0 Å². The fraction of sp³-hybridized carbons (Fsp3) is 0.467. The first kappa shape index (κ1) is 16.6. The molecule has 0 aliphatic carbocycles. The molecule has 1 aliphatic rings. The van der Waals surface area contributed by atoms with Gasteiger partial charge in [-0.15, -0.1) is 0 Å². The average Bonchev–Trinajstić information content (AvgIpc) is 2.37. The lowest BCUT2D eigenvalue weighted by molar-refractivity contribution is -0.117. The number of anilines is 1. The van der Waals surface area contributed by atoms with E-state index in [1.54, 1.807) is 4.90 Å². The molecule has 0 radical (unpaired) electrons. The van der Waals surface area contributed by atoms with Gasteiger partial charge in [-0.1, -0.05) is 0 Å². The van der Waals surface area contributed by atoms with Crippen molar-refractivity contribution >= 4 is 28.9 Å². The van der Waals surface area contributed by atoms with Crippen LogP contribution < -0.4 is 10.6 Å². The van der Waals surface area contributed by atoms with Crippen molar-refractivity contribution in [3.63, 3.8) is 0 Å². The first-order valence-corrected chi connectivity index (χ1v) is 7.42. The minimum absolute atomic E-state index is 0.0576. The Kier molecular flexibility index (Phi) is 4.65. The number of hydrogen-bond donors (Lipinski definition) is 2. The summed E-state index contributed by atoms with van der Waals surface area (Å²) in [6, 6.07) is 3.35. The number of benzene rings is 1. The second kappa shape index (κ2) is 6.16. The van der Waals surface area contributed by atoms with Gasteiger partial charge in [-0.05, 0) is 51.5 Å². The summed E-state index contributed by atoms with van der Waals surface area (Å²) < 4.78 is 26.0. The van der Waals surface area contributed by atoms with Crippen LogP contribution in [0.25, 0.3) is 0 Å². The summed E-state index contributed by atoms with van der Waals surface area (Å²) >= 11 is 5.30. The van der Waals surface area contributed by atoms with Gasteiger partial charge < -0.3 is 15.5 Å². The first-order chi connectivity index (χ1) is 10.2. The lowest BCUT2D eigenvalue weighted by atomic mass is 9.93. The predicted molar refractivity (Wildman–Crippen MR) is 85.6 cm³/mol. The first-order valence-electron chi connectivity index (χ1n) is 7.01. The Morgan fingerprint density at radius 2 is 2.14 bits per heavy atom. The van der Waals surface area contributed by atoms with Crippen molar-refractivity contribution in [1.29, 1.82) is 0 Å². The lowest BCUT2D eigenvalue weighted by Gasteiger charge is -2.44. The van der Waals surface area contributed by atoms with E-state index in [1.165, 1.54) is 6.07 Å². The molecule has 1 amide bonds. The molecule has 1 aromatic rings. The number of carbonyl (C=O) groups is 1. The standard InChI is InChI=1S/C15H19F2N3OS/c1-9-7-15(2,3)19-14(22)20(9)8-13(21)18-10-4-5-11(16)12(17)6-10/h4-6,9H,7-8H2,1-3H3,(H,18,21)(H,19,22)/t9-/m0/s1. The zero-order valence-electron chi connectivity index (χ0n) is 12.7. The third-order valence-electron chi connectivity index (χ3n) is 3.56. The largest absolute Gasteiger partial charge is 0.358 e. The van der Waals surface area contributed by atoms with Crippen LogP contribution in [0.1, 0.15) is 27.2 Å². The minimum Gasteiger partial charge on any atom is -0.358 e. The molecule has 2 N–H and O–H groups in total. The fourth-order valence-electron chi connectivity index (χ4n) is 2.62. The summed E-state index contributed by atoms with van der Waals surface area (Å²) in [7, 11) is 0. The Morgan fingerprint density at radius 1 is 1.45 bits per heavy atom.